The van der Waals surface area contributed by atoms with Crippen LogP contribution in [-0.2, 0) is 12.7 Å². The SMILES string of the molecule is O=[N+]([O-])c1ccc2ccn(Cc3cccc(C(F)(F)F)c3)c2c1. The first-order valence-corrected chi connectivity index (χ1v) is 6.74. The number of alkyl halides is 3. The van der Waals surface area contributed by atoms with E-state index >= 15 is 0 Å². The lowest BCUT2D eigenvalue weighted by molar-refractivity contribution is -0.384. The van der Waals surface area contributed by atoms with E-state index < -0.39 is 16.7 Å². The van der Waals surface area contributed by atoms with Crippen LogP contribution in [0.5, 0.6) is 0 Å². The molecule has 0 atom stereocenters. The van der Waals surface area contributed by atoms with E-state index in [1.807, 2.05) is 0 Å². The van der Waals surface area contributed by atoms with Crippen molar-refractivity contribution in [2.45, 2.75) is 12.7 Å². The highest BCUT2D eigenvalue weighted by Gasteiger charge is 2.30. The van der Waals surface area contributed by atoms with Crippen LogP contribution in [-0.4, -0.2) is 9.49 Å². The Hall–Kier alpha value is -2.83. The standard InChI is InChI=1S/C16H11F3N2O2/c17-16(18,19)13-3-1-2-11(8-13)10-20-7-6-12-4-5-14(21(22)23)9-15(12)20/h1-9H,10H2. The molecule has 3 aromatic rings. The molecule has 0 aliphatic carbocycles. The second-order valence-electron chi connectivity index (χ2n) is 5.14. The van der Waals surface area contributed by atoms with Gasteiger partial charge in [0.25, 0.3) is 5.69 Å². The number of fused-ring (bicyclic) bond motifs is 1. The minimum atomic E-state index is -4.40. The molecule has 0 bridgehead atoms. The van der Waals surface area contributed by atoms with Crippen LogP contribution in [0.1, 0.15) is 11.1 Å². The van der Waals surface area contributed by atoms with Gasteiger partial charge in [0.05, 0.1) is 16.0 Å². The Kier molecular flexibility index (Phi) is 3.55. The molecule has 23 heavy (non-hydrogen) atoms. The minimum absolute atomic E-state index is 0.0542. The van der Waals surface area contributed by atoms with Crippen LogP contribution in [0.3, 0.4) is 0 Å². The summed E-state index contributed by atoms with van der Waals surface area (Å²) in [7, 11) is 0. The molecule has 0 aliphatic heterocycles. The Balaban J connectivity index is 1.99. The van der Waals surface area contributed by atoms with Crippen molar-refractivity contribution in [2.75, 3.05) is 0 Å². The van der Waals surface area contributed by atoms with Gasteiger partial charge >= 0.3 is 6.18 Å². The summed E-state index contributed by atoms with van der Waals surface area (Å²) < 4.78 is 40.0. The van der Waals surface area contributed by atoms with Gasteiger partial charge in [-0.05, 0) is 29.8 Å². The molecule has 0 N–H and O–H groups in total. The highest BCUT2D eigenvalue weighted by atomic mass is 19.4. The molecule has 0 saturated carbocycles. The molecule has 7 heteroatoms. The van der Waals surface area contributed by atoms with Crippen LogP contribution in [0.25, 0.3) is 10.9 Å². The quantitative estimate of drug-likeness (QED) is 0.522. The lowest BCUT2D eigenvalue weighted by atomic mass is 10.1. The molecule has 0 unspecified atom stereocenters. The van der Waals surface area contributed by atoms with Crippen LogP contribution in [0.2, 0.25) is 0 Å². The Bertz CT molecular complexity index is 884. The molecule has 0 amide bonds. The van der Waals surface area contributed by atoms with Crippen LogP contribution in [0.15, 0.2) is 54.7 Å². The highest BCUT2D eigenvalue weighted by Crippen LogP contribution is 2.30. The molecule has 0 aliphatic rings. The lowest BCUT2D eigenvalue weighted by Crippen LogP contribution is -2.06. The van der Waals surface area contributed by atoms with Crippen LogP contribution < -0.4 is 0 Å². The van der Waals surface area contributed by atoms with E-state index in [4.69, 9.17) is 0 Å². The first kappa shape index (κ1) is 15.1. The Morgan fingerprint density at radius 1 is 1.09 bits per heavy atom. The fraction of sp³-hybridized carbons (Fsp3) is 0.125. The zero-order valence-electron chi connectivity index (χ0n) is 11.7. The molecule has 0 fully saturated rings. The maximum atomic E-state index is 12.8. The number of non-ortho nitro benzene ring substituents is 1. The Labute approximate surface area is 128 Å². The van der Waals surface area contributed by atoms with E-state index in [0.29, 0.717) is 11.1 Å². The Morgan fingerprint density at radius 3 is 2.57 bits per heavy atom. The molecule has 0 radical (unpaired) electrons. The molecule has 0 spiro atoms. The topological polar surface area (TPSA) is 48.1 Å². The Morgan fingerprint density at radius 2 is 1.87 bits per heavy atom. The van der Waals surface area contributed by atoms with Crippen molar-refractivity contribution < 1.29 is 18.1 Å². The summed E-state index contributed by atoms with van der Waals surface area (Å²) >= 11 is 0. The maximum absolute atomic E-state index is 12.8. The number of nitro benzene ring substituents is 1. The first-order valence-electron chi connectivity index (χ1n) is 6.74. The van der Waals surface area contributed by atoms with E-state index in [1.165, 1.54) is 18.2 Å². The zero-order valence-corrected chi connectivity index (χ0v) is 11.7. The molecular weight excluding hydrogens is 309 g/mol. The van der Waals surface area contributed by atoms with Crippen molar-refractivity contribution in [3.05, 3.63) is 76.0 Å². The normalized spacial score (nSPS) is 11.8. The molecular formula is C16H11F3N2O2. The number of aromatic nitrogens is 1. The molecule has 1 heterocycles. The van der Waals surface area contributed by atoms with Gasteiger partial charge in [-0.2, -0.15) is 13.2 Å². The van der Waals surface area contributed by atoms with Crippen LogP contribution in [0.4, 0.5) is 18.9 Å². The number of nitrogens with zero attached hydrogens (tertiary/aromatic N) is 2. The summed E-state index contributed by atoms with van der Waals surface area (Å²) in [5, 5.41) is 11.7. The van der Waals surface area contributed by atoms with E-state index in [2.05, 4.69) is 0 Å². The fourth-order valence-electron chi connectivity index (χ4n) is 2.47. The zero-order chi connectivity index (χ0) is 16.6. The van der Waals surface area contributed by atoms with Crippen molar-refractivity contribution in [1.82, 2.24) is 4.57 Å². The number of hydrogen-bond acceptors (Lipinski definition) is 2. The summed E-state index contributed by atoms with van der Waals surface area (Å²) in [6.45, 7) is 0.203. The summed E-state index contributed by atoms with van der Waals surface area (Å²) in [4.78, 5) is 10.4. The van der Waals surface area contributed by atoms with Crippen LogP contribution >= 0.6 is 0 Å². The highest BCUT2D eigenvalue weighted by molar-refractivity contribution is 5.82. The van der Waals surface area contributed by atoms with Gasteiger partial charge in [0, 0.05) is 30.3 Å². The van der Waals surface area contributed by atoms with Crippen molar-refractivity contribution in [2.24, 2.45) is 0 Å². The third-order valence-corrected chi connectivity index (χ3v) is 3.58. The molecule has 0 saturated heterocycles. The maximum Gasteiger partial charge on any atom is 0.416 e. The second kappa shape index (κ2) is 5.42. The van der Waals surface area contributed by atoms with E-state index in [-0.39, 0.29) is 12.2 Å². The van der Waals surface area contributed by atoms with Crippen molar-refractivity contribution in [1.29, 1.82) is 0 Å². The average molecular weight is 320 g/mol. The van der Waals surface area contributed by atoms with E-state index in [0.717, 1.165) is 17.5 Å². The number of rotatable bonds is 3. The number of halogens is 3. The summed E-state index contributed by atoms with van der Waals surface area (Å²) in [5.74, 6) is 0. The van der Waals surface area contributed by atoms with Crippen molar-refractivity contribution in [3.8, 4) is 0 Å². The molecule has 1 aromatic heterocycles. The average Bonchev–Trinajstić information content (AvgIpc) is 2.89. The molecule has 4 nitrogen and oxygen atoms in total. The first-order chi connectivity index (χ1) is 10.8. The van der Waals surface area contributed by atoms with Crippen LogP contribution in [0, 0.1) is 10.1 Å². The van der Waals surface area contributed by atoms with Gasteiger partial charge in [-0.15, -0.1) is 0 Å². The van der Waals surface area contributed by atoms with Crippen molar-refractivity contribution >= 4 is 16.6 Å². The number of hydrogen-bond donors (Lipinski definition) is 0. The van der Waals surface area contributed by atoms with Gasteiger partial charge in [0.1, 0.15) is 0 Å². The smallest absolute Gasteiger partial charge is 0.343 e. The lowest BCUT2D eigenvalue weighted by Gasteiger charge is -2.10. The third-order valence-electron chi connectivity index (χ3n) is 3.58. The summed E-state index contributed by atoms with van der Waals surface area (Å²) in [5.41, 5.74) is 0.319. The molecule has 118 valence electrons. The van der Waals surface area contributed by atoms with E-state index in [9.17, 15) is 23.3 Å². The third kappa shape index (κ3) is 3.03. The van der Waals surface area contributed by atoms with Gasteiger partial charge in [0.2, 0.25) is 0 Å². The largest absolute Gasteiger partial charge is 0.416 e. The predicted octanol–water partition coefficient (Wildman–Crippen LogP) is 4.62. The minimum Gasteiger partial charge on any atom is -0.343 e. The van der Waals surface area contributed by atoms with Gasteiger partial charge in [0.15, 0.2) is 0 Å². The fourth-order valence-corrected chi connectivity index (χ4v) is 2.47. The van der Waals surface area contributed by atoms with E-state index in [1.54, 1.807) is 29.0 Å². The van der Waals surface area contributed by atoms with Gasteiger partial charge < -0.3 is 4.57 Å². The van der Waals surface area contributed by atoms with Crippen molar-refractivity contribution in [3.63, 3.8) is 0 Å². The second-order valence-corrected chi connectivity index (χ2v) is 5.14. The molecule has 3 rings (SSSR count). The van der Waals surface area contributed by atoms with Gasteiger partial charge in [-0.3, -0.25) is 10.1 Å². The summed E-state index contributed by atoms with van der Waals surface area (Å²) in [6.07, 6.45) is -2.69. The van der Waals surface area contributed by atoms with Gasteiger partial charge in [-0.25, -0.2) is 0 Å². The molecule has 2 aromatic carbocycles. The predicted molar refractivity (Wildman–Crippen MR) is 79.1 cm³/mol. The monoisotopic (exact) mass is 320 g/mol. The number of nitro groups is 1. The van der Waals surface area contributed by atoms with Gasteiger partial charge in [-0.1, -0.05) is 12.1 Å². The number of benzene rings is 2. The summed E-state index contributed by atoms with van der Waals surface area (Å²) in [6, 6.07) is 11.3.